The molecule has 6 heteroatoms. The minimum Gasteiger partial charge on any atom is -0.490 e. The fourth-order valence-corrected chi connectivity index (χ4v) is 2.87. The summed E-state index contributed by atoms with van der Waals surface area (Å²) in [5.74, 6) is -1.10. The predicted molar refractivity (Wildman–Crippen MR) is 83.0 cm³/mol. The molecule has 2 aromatic rings. The van der Waals surface area contributed by atoms with Crippen molar-refractivity contribution in [2.45, 2.75) is 12.8 Å². The van der Waals surface area contributed by atoms with Crippen molar-refractivity contribution < 1.29 is 23.4 Å². The van der Waals surface area contributed by atoms with E-state index in [1.807, 2.05) is 19.1 Å². The highest BCUT2D eigenvalue weighted by molar-refractivity contribution is 6.30. The molecule has 1 heterocycles. The molecule has 2 atom stereocenters. The van der Waals surface area contributed by atoms with Crippen molar-refractivity contribution >= 4 is 18.1 Å². The van der Waals surface area contributed by atoms with Gasteiger partial charge in [-0.1, -0.05) is 30.7 Å². The van der Waals surface area contributed by atoms with Crippen LogP contribution in [0.4, 0.5) is 8.78 Å². The number of hydrogen-bond acceptors (Lipinski definition) is 2. The zero-order chi connectivity index (χ0) is 17.0. The van der Waals surface area contributed by atoms with Gasteiger partial charge in [-0.2, -0.15) is 0 Å². The van der Waals surface area contributed by atoms with Crippen molar-refractivity contribution in [2.75, 3.05) is 6.61 Å². The van der Waals surface area contributed by atoms with Gasteiger partial charge in [-0.15, -0.1) is 0 Å². The molecule has 3 rings (SSSR count). The molecule has 2 aromatic carbocycles. The Balaban J connectivity index is 0.000000595. The van der Waals surface area contributed by atoms with Crippen molar-refractivity contribution in [1.29, 1.82) is 0 Å². The Kier molecular flexibility index (Phi) is 5.55. The Morgan fingerprint density at radius 3 is 2.35 bits per heavy atom. The highest BCUT2D eigenvalue weighted by atomic mass is 35.5. The average Bonchev–Trinajstić information content (AvgIpc) is 2.53. The monoisotopic (exact) mass is 340 g/mol. The summed E-state index contributed by atoms with van der Waals surface area (Å²) in [5.41, 5.74) is 1.21. The van der Waals surface area contributed by atoms with Crippen molar-refractivity contribution in [3.05, 3.63) is 64.2 Å². The third-order valence-corrected chi connectivity index (χ3v) is 3.95. The molecule has 0 spiro atoms. The number of hydrogen-bond donors (Lipinski definition) is 1. The van der Waals surface area contributed by atoms with E-state index in [-0.39, 0.29) is 24.1 Å². The number of carbonyl (C=O) groups is 1. The largest absolute Gasteiger partial charge is 0.490 e. The van der Waals surface area contributed by atoms with Crippen LogP contribution in [0.25, 0.3) is 0 Å². The van der Waals surface area contributed by atoms with Gasteiger partial charge in [0.25, 0.3) is 6.47 Å². The van der Waals surface area contributed by atoms with Gasteiger partial charge in [0, 0.05) is 22.4 Å². The predicted octanol–water partition coefficient (Wildman–Crippen LogP) is 4.48. The summed E-state index contributed by atoms with van der Waals surface area (Å²) in [7, 11) is 0. The Morgan fingerprint density at radius 2 is 1.74 bits per heavy atom. The summed E-state index contributed by atoms with van der Waals surface area (Å²) in [5, 5.41) is 7.51. The summed E-state index contributed by atoms with van der Waals surface area (Å²) in [6.07, 6.45) is 0. The minimum absolute atomic E-state index is 0.0306. The minimum atomic E-state index is -0.521. The number of rotatable bonds is 1. The Bertz CT molecular complexity index is 689. The van der Waals surface area contributed by atoms with E-state index in [1.165, 1.54) is 0 Å². The van der Waals surface area contributed by atoms with Crippen LogP contribution >= 0.6 is 11.6 Å². The number of carboxylic acid groups (broad SMARTS) is 1. The highest BCUT2D eigenvalue weighted by Crippen LogP contribution is 2.43. The Hall–Kier alpha value is -2.14. The number of halogens is 3. The summed E-state index contributed by atoms with van der Waals surface area (Å²) in [6, 6.07) is 9.47. The third kappa shape index (κ3) is 3.62. The summed E-state index contributed by atoms with van der Waals surface area (Å²) in [6.45, 7) is 2.08. The van der Waals surface area contributed by atoms with E-state index >= 15 is 0 Å². The van der Waals surface area contributed by atoms with E-state index in [1.54, 1.807) is 12.1 Å². The fraction of sp³-hybridized carbons (Fsp3) is 0.235. The Morgan fingerprint density at radius 1 is 1.17 bits per heavy atom. The molecular formula is C17H15ClF2O3. The molecule has 0 saturated heterocycles. The number of ether oxygens (including phenoxy) is 1. The topological polar surface area (TPSA) is 46.5 Å². The molecular weight excluding hydrogens is 326 g/mol. The van der Waals surface area contributed by atoms with Crippen molar-refractivity contribution in [1.82, 2.24) is 0 Å². The van der Waals surface area contributed by atoms with Crippen molar-refractivity contribution in [2.24, 2.45) is 5.92 Å². The lowest BCUT2D eigenvalue weighted by Gasteiger charge is -2.32. The van der Waals surface area contributed by atoms with Crippen LogP contribution < -0.4 is 4.74 Å². The molecule has 0 amide bonds. The normalized spacial score (nSPS) is 19.0. The molecule has 0 saturated carbocycles. The lowest BCUT2D eigenvalue weighted by atomic mass is 9.80. The molecule has 122 valence electrons. The zero-order valence-corrected chi connectivity index (χ0v) is 13.1. The van der Waals surface area contributed by atoms with Gasteiger partial charge in [-0.05, 0) is 29.8 Å². The summed E-state index contributed by atoms with van der Waals surface area (Å²) >= 11 is 5.88. The molecule has 0 aromatic heterocycles. The van der Waals surface area contributed by atoms with Crippen molar-refractivity contribution in [3.8, 4) is 5.75 Å². The molecule has 1 aliphatic heterocycles. The smallest absolute Gasteiger partial charge is 0.290 e. The number of fused-ring (bicyclic) bond motifs is 1. The standard InChI is InChI=1S/C16H13ClF2O.CH2O2/c1-9-8-20-16-13(19)7-6-12(18)15(16)14(9)10-2-4-11(17)5-3-10;2-1-3/h2-7,9,14H,8H2,1H3;1H,(H,2,3)/t9-,14?;/m0./s1. The van der Waals surface area contributed by atoms with E-state index in [4.69, 9.17) is 26.2 Å². The van der Waals surface area contributed by atoms with E-state index in [9.17, 15) is 8.78 Å². The van der Waals surface area contributed by atoms with Crippen LogP contribution in [0.5, 0.6) is 5.75 Å². The molecule has 1 aliphatic rings. The maximum atomic E-state index is 14.2. The second kappa shape index (κ2) is 7.42. The van der Waals surface area contributed by atoms with Crippen LogP contribution in [-0.2, 0) is 4.79 Å². The van der Waals surface area contributed by atoms with Crippen LogP contribution in [0, 0.1) is 17.6 Å². The molecule has 3 nitrogen and oxygen atoms in total. The molecule has 1 N–H and O–H groups in total. The van der Waals surface area contributed by atoms with E-state index in [0.717, 1.165) is 17.7 Å². The molecule has 0 fully saturated rings. The van der Waals surface area contributed by atoms with Crippen LogP contribution in [0.3, 0.4) is 0 Å². The maximum Gasteiger partial charge on any atom is 0.290 e. The lowest BCUT2D eigenvalue weighted by Crippen LogP contribution is -2.26. The first-order valence-electron chi connectivity index (χ1n) is 6.93. The van der Waals surface area contributed by atoms with Gasteiger partial charge < -0.3 is 9.84 Å². The van der Waals surface area contributed by atoms with Gasteiger partial charge in [0.05, 0.1) is 6.61 Å². The molecule has 1 unspecified atom stereocenters. The van der Waals surface area contributed by atoms with Gasteiger partial charge in [-0.25, -0.2) is 8.78 Å². The van der Waals surface area contributed by atoms with Crippen LogP contribution in [0.2, 0.25) is 5.02 Å². The first-order chi connectivity index (χ1) is 11.0. The third-order valence-electron chi connectivity index (χ3n) is 3.69. The SMILES string of the molecule is C[C@H]1COc2c(F)ccc(F)c2C1c1ccc(Cl)cc1.O=CO. The van der Waals surface area contributed by atoms with E-state index in [2.05, 4.69) is 0 Å². The van der Waals surface area contributed by atoms with Crippen LogP contribution in [0.1, 0.15) is 24.0 Å². The second-order valence-electron chi connectivity index (χ2n) is 5.19. The molecule has 0 aliphatic carbocycles. The van der Waals surface area contributed by atoms with Gasteiger partial charge in [-0.3, -0.25) is 4.79 Å². The maximum absolute atomic E-state index is 14.2. The molecule has 23 heavy (non-hydrogen) atoms. The quantitative estimate of drug-likeness (QED) is 0.779. The summed E-state index contributed by atoms with van der Waals surface area (Å²) < 4.78 is 33.4. The van der Waals surface area contributed by atoms with Gasteiger partial charge in [0.1, 0.15) is 5.82 Å². The van der Waals surface area contributed by atoms with E-state index in [0.29, 0.717) is 17.2 Å². The van der Waals surface area contributed by atoms with E-state index < -0.39 is 11.6 Å². The summed E-state index contributed by atoms with van der Waals surface area (Å²) in [4.78, 5) is 8.36. The van der Waals surface area contributed by atoms with Gasteiger partial charge in [0.15, 0.2) is 11.6 Å². The highest BCUT2D eigenvalue weighted by Gasteiger charge is 2.33. The van der Waals surface area contributed by atoms with Gasteiger partial charge >= 0.3 is 0 Å². The second-order valence-corrected chi connectivity index (χ2v) is 5.63. The van der Waals surface area contributed by atoms with Gasteiger partial charge in [0.2, 0.25) is 0 Å². The first-order valence-corrected chi connectivity index (χ1v) is 7.31. The first kappa shape index (κ1) is 17.2. The van der Waals surface area contributed by atoms with Crippen LogP contribution in [0.15, 0.2) is 36.4 Å². The van der Waals surface area contributed by atoms with Crippen molar-refractivity contribution in [3.63, 3.8) is 0 Å². The zero-order valence-electron chi connectivity index (χ0n) is 12.3. The Labute approximate surface area is 137 Å². The van der Waals surface area contributed by atoms with Crippen LogP contribution in [-0.4, -0.2) is 18.2 Å². The molecule has 0 bridgehead atoms. The fourth-order valence-electron chi connectivity index (χ4n) is 2.75. The lowest BCUT2D eigenvalue weighted by molar-refractivity contribution is -0.122. The number of benzene rings is 2. The molecule has 0 radical (unpaired) electrons. The average molecular weight is 341 g/mol.